The molecule has 1 aromatic rings. The molecule has 1 rings (SSSR count). The Hall–Kier alpha value is -1.80. The van der Waals surface area contributed by atoms with Crippen molar-refractivity contribution in [2.24, 2.45) is 5.73 Å². The van der Waals surface area contributed by atoms with Gasteiger partial charge in [0.15, 0.2) is 0 Å². The van der Waals surface area contributed by atoms with Crippen LogP contribution in [0.3, 0.4) is 0 Å². The monoisotopic (exact) mass is 328 g/mol. The zero-order chi connectivity index (χ0) is 16.4. The summed E-state index contributed by atoms with van der Waals surface area (Å²) in [5, 5.41) is 9.23. The summed E-state index contributed by atoms with van der Waals surface area (Å²) in [6.07, 6.45) is 3.62. The number of hydrogen-bond acceptors (Lipinski definition) is 7. The first-order valence-electron chi connectivity index (χ1n) is 6.85. The Balaban J connectivity index is 2.46. The van der Waals surface area contributed by atoms with Gasteiger partial charge >= 0.3 is 5.97 Å². The predicted molar refractivity (Wildman–Crippen MR) is 84.3 cm³/mol. The van der Waals surface area contributed by atoms with Gasteiger partial charge in [-0.25, -0.2) is 4.79 Å². The molecule has 0 radical (unpaired) electrons. The van der Waals surface area contributed by atoms with E-state index in [1.165, 1.54) is 0 Å². The van der Waals surface area contributed by atoms with E-state index in [-0.39, 0.29) is 6.61 Å². The number of nitrogens with two attached hydrogens (primary N) is 1. The second-order valence-corrected chi connectivity index (χ2v) is 5.60. The van der Waals surface area contributed by atoms with E-state index in [1.807, 2.05) is 12.3 Å². The fourth-order valence-corrected chi connectivity index (χ4v) is 2.22. The standard InChI is InChI=1S/C14H20N2O5S/c1-22-9-7-13(15)14(17)21-12-6-2-4-11(10-12)5-3-8-20-16(18)19/h2,4,6,10,13H,3,5,7-9,15H2,1H3. The molecule has 22 heavy (non-hydrogen) atoms. The highest BCUT2D eigenvalue weighted by Crippen LogP contribution is 2.16. The summed E-state index contributed by atoms with van der Waals surface area (Å²) < 4.78 is 5.25. The Labute approximate surface area is 133 Å². The summed E-state index contributed by atoms with van der Waals surface area (Å²) in [6.45, 7) is 0.0383. The molecule has 0 aliphatic carbocycles. The fourth-order valence-electron chi connectivity index (χ4n) is 1.73. The first kappa shape index (κ1) is 18.2. The third-order valence-electron chi connectivity index (χ3n) is 2.86. The molecule has 0 saturated carbocycles. The molecule has 0 heterocycles. The molecule has 0 bridgehead atoms. The predicted octanol–water partition coefficient (Wildman–Crippen LogP) is 1.81. The molecular formula is C14H20N2O5S. The van der Waals surface area contributed by atoms with Crippen molar-refractivity contribution < 1.29 is 19.5 Å². The summed E-state index contributed by atoms with van der Waals surface area (Å²) in [5.74, 6) is 0.771. The number of benzene rings is 1. The van der Waals surface area contributed by atoms with Gasteiger partial charge in [0, 0.05) is 0 Å². The van der Waals surface area contributed by atoms with Gasteiger partial charge in [-0.15, -0.1) is 10.1 Å². The molecule has 7 nitrogen and oxygen atoms in total. The van der Waals surface area contributed by atoms with Gasteiger partial charge < -0.3 is 15.3 Å². The van der Waals surface area contributed by atoms with Crippen molar-refractivity contribution in [3.63, 3.8) is 0 Å². The van der Waals surface area contributed by atoms with Crippen LogP contribution < -0.4 is 10.5 Å². The van der Waals surface area contributed by atoms with Crippen molar-refractivity contribution in [3.8, 4) is 5.75 Å². The van der Waals surface area contributed by atoms with Crippen molar-refractivity contribution in [1.29, 1.82) is 0 Å². The Kier molecular flexibility index (Phi) is 8.31. The smallest absolute Gasteiger partial charge is 0.328 e. The van der Waals surface area contributed by atoms with Crippen molar-refractivity contribution in [2.45, 2.75) is 25.3 Å². The van der Waals surface area contributed by atoms with Crippen LogP contribution in [0.1, 0.15) is 18.4 Å². The maximum atomic E-state index is 11.8. The number of carbonyl (C=O) groups excluding carboxylic acids is 1. The molecule has 1 aromatic carbocycles. The molecule has 0 aliphatic rings. The van der Waals surface area contributed by atoms with Crippen molar-refractivity contribution in [1.82, 2.24) is 0 Å². The number of thioether (sulfide) groups is 1. The zero-order valence-corrected chi connectivity index (χ0v) is 13.2. The Morgan fingerprint density at radius 2 is 2.27 bits per heavy atom. The molecule has 0 amide bonds. The van der Waals surface area contributed by atoms with E-state index in [0.29, 0.717) is 25.0 Å². The Morgan fingerprint density at radius 1 is 1.50 bits per heavy atom. The summed E-state index contributed by atoms with van der Waals surface area (Å²) in [7, 11) is 0. The average molecular weight is 328 g/mol. The lowest BCUT2D eigenvalue weighted by atomic mass is 10.1. The molecule has 0 spiro atoms. The zero-order valence-electron chi connectivity index (χ0n) is 12.4. The van der Waals surface area contributed by atoms with E-state index in [4.69, 9.17) is 10.5 Å². The second kappa shape index (κ2) is 10.0. The van der Waals surface area contributed by atoms with E-state index in [0.717, 1.165) is 11.3 Å². The molecular weight excluding hydrogens is 308 g/mol. The summed E-state index contributed by atoms with van der Waals surface area (Å²) in [6, 6.07) is 6.39. The lowest BCUT2D eigenvalue weighted by Gasteiger charge is -2.11. The summed E-state index contributed by atoms with van der Waals surface area (Å²) in [4.78, 5) is 26.1. The molecule has 0 fully saturated rings. The average Bonchev–Trinajstić information content (AvgIpc) is 2.49. The third-order valence-corrected chi connectivity index (χ3v) is 3.50. The van der Waals surface area contributed by atoms with Gasteiger partial charge in [-0.2, -0.15) is 11.8 Å². The van der Waals surface area contributed by atoms with E-state index in [1.54, 1.807) is 30.0 Å². The highest BCUT2D eigenvalue weighted by Gasteiger charge is 2.15. The summed E-state index contributed by atoms with van der Waals surface area (Å²) in [5.41, 5.74) is 6.66. The van der Waals surface area contributed by atoms with Crippen LogP contribution in [-0.2, 0) is 16.1 Å². The normalized spacial score (nSPS) is 11.7. The Morgan fingerprint density at radius 3 is 2.95 bits per heavy atom. The van der Waals surface area contributed by atoms with Crippen LogP contribution in [0.4, 0.5) is 0 Å². The van der Waals surface area contributed by atoms with Gasteiger partial charge in [-0.1, -0.05) is 12.1 Å². The molecule has 0 saturated heterocycles. The van der Waals surface area contributed by atoms with Gasteiger partial charge in [-0.05, 0) is 49.0 Å². The van der Waals surface area contributed by atoms with E-state index < -0.39 is 17.1 Å². The van der Waals surface area contributed by atoms with Crippen LogP contribution in [0, 0.1) is 10.1 Å². The lowest BCUT2D eigenvalue weighted by molar-refractivity contribution is -0.757. The number of nitrogens with zero attached hydrogens (tertiary/aromatic N) is 1. The second-order valence-electron chi connectivity index (χ2n) is 4.62. The fraction of sp³-hybridized carbons (Fsp3) is 0.500. The first-order valence-corrected chi connectivity index (χ1v) is 8.24. The minimum absolute atomic E-state index is 0.0383. The summed E-state index contributed by atoms with van der Waals surface area (Å²) >= 11 is 1.62. The molecule has 1 unspecified atom stereocenters. The van der Waals surface area contributed by atoms with Crippen molar-refractivity contribution in [3.05, 3.63) is 39.9 Å². The van der Waals surface area contributed by atoms with Crippen molar-refractivity contribution >= 4 is 17.7 Å². The van der Waals surface area contributed by atoms with Gasteiger partial charge in [0.1, 0.15) is 11.8 Å². The van der Waals surface area contributed by atoms with Crippen LogP contribution in [0.2, 0.25) is 0 Å². The highest BCUT2D eigenvalue weighted by molar-refractivity contribution is 7.98. The molecule has 8 heteroatoms. The van der Waals surface area contributed by atoms with E-state index in [2.05, 4.69) is 4.84 Å². The number of ether oxygens (including phenoxy) is 1. The number of aryl methyl sites for hydroxylation is 1. The first-order chi connectivity index (χ1) is 10.5. The molecule has 0 aliphatic heterocycles. The van der Waals surface area contributed by atoms with Crippen LogP contribution in [0.5, 0.6) is 5.75 Å². The highest BCUT2D eigenvalue weighted by atomic mass is 32.2. The quantitative estimate of drug-likeness (QED) is 0.229. The lowest BCUT2D eigenvalue weighted by Crippen LogP contribution is -2.34. The van der Waals surface area contributed by atoms with Gasteiger partial charge in [0.25, 0.3) is 5.09 Å². The van der Waals surface area contributed by atoms with Crippen molar-refractivity contribution in [2.75, 3.05) is 18.6 Å². The topological polar surface area (TPSA) is 105 Å². The van der Waals surface area contributed by atoms with E-state index >= 15 is 0 Å². The SMILES string of the molecule is CSCCC(N)C(=O)Oc1cccc(CCCO[N+](=O)[O-])c1. The maximum absolute atomic E-state index is 11.8. The van der Waals surface area contributed by atoms with Crippen LogP contribution >= 0.6 is 11.8 Å². The number of carbonyl (C=O) groups is 1. The minimum atomic E-state index is -0.811. The Bertz CT molecular complexity index is 498. The van der Waals surface area contributed by atoms with Gasteiger partial charge in [-0.3, -0.25) is 0 Å². The molecule has 122 valence electrons. The van der Waals surface area contributed by atoms with E-state index in [9.17, 15) is 14.9 Å². The van der Waals surface area contributed by atoms with Gasteiger partial charge in [0.05, 0.1) is 6.61 Å². The number of esters is 1. The van der Waals surface area contributed by atoms with Crippen LogP contribution in [0.25, 0.3) is 0 Å². The van der Waals surface area contributed by atoms with Crippen LogP contribution in [0.15, 0.2) is 24.3 Å². The molecule has 0 aromatic heterocycles. The number of rotatable bonds is 10. The van der Waals surface area contributed by atoms with Gasteiger partial charge in [0.2, 0.25) is 0 Å². The molecule has 1 atom stereocenters. The largest absolute Gasteiger partial charge is 0.425 e. The number of hydrogen-bond donors (Lipinski definition) is 1. The third kappa shape index (κ3) is 7.28. The molecule has 2 N–H and O–H groups in total. The maximum Gasteiger partial charge on any atom is 0.328 e. The minimum Gasteiger partial charge on any atom is -0.425 e. The van der Waals surface area contributed by atoms with Crippen LogP contribution in [-0.4, -0.2) is 35.7 Å².